The molecule has 0 aromatic carbocycles. The topological polar surface area (TPSA) is 81.4 Å². The molecule has 1 saturated heterocycles. The number of amides is 2. The Balaban J connectivity index is 2.08. The van der Waals surface area contributed by atoms with Crippen molar-refractivity contribution in [1.29, 1.82) is 0 Å². The van der Waals surface area contributed by atoms with Gasteiger partial charge in [-0.25, -0.2) is 0 Å². The van der Waals surface area contributed by atoms with Crippen molar-refractivity contribution in [3.63, 3.8) is 0 Å². The van der Waals surface area contributed by atoms with Gasteiger partial charge in [-0.15, -0.1) is 0 Å². The van der Waals surface area contributed by atoms with Crippen LogP contribution < -0.4 is 11.1 Å². The van der Waals surface area contributed by atoms with E-state index in [9.17, 15) is 9.59 Å². The molecule has 0 saturated carbocycles. The lowest BCUT2D eigenvalue weighted by Crippen LogP contribution is -2.37. The summed E-state index contributed by atoms with van der Waals surface area (Å²) in [6.07, 6.45) is 2.96. The van der Waals surface area contributed by atoms with Gasteiger partial charge in [0, 0.05) is 19.8 Å². The first-order valence-corrected chi connectivity index (χ1v) is 4.85. The third kappa shape index (κ3) is 3.74. The van der Waals surface area contributed by atoms with Crippen molar-refractivity contribution in [3.05, 3.63) is 0 Å². The molecular weight excluding hydrogens is 184 g/mol. The molecule has 2 amide bonds. The van der Waals surface area contributed by atoms with E-state index in [-0.39, 0.29) is 0 Å². The van der Waals surface area contributed by atoms with Gasteiger partial charge in [0.15, 0.2) is 0 Å². The van der Waals surface area contributed by atoms with Gasteiger partial charge >= 0.3 is 11.8 Å². The van der Waals surface area contributed by atoms with Crippen LogP contribution in [0.3, 0.4) is 0 Å². The molecule has 0 atom stereocenters. The smallest absolute Gasteiger partial charge is 0.309 e. The molecule has 80 valence electrons. The van der Waals surface area contributed by atoms with E-state index in [2.05, 4.69) is 5.32 Å². The minimum atomic E-state index is -0.919. The first-order chi connectivity index (χ1) is 6.70. The van der Waals surface area contributed by atoms with Gasteiger partial charge < -0.3 is 15.8 Å². The fourth-order valence-corrected chi connectivity index (χ4v) is 1.51. The lowest BCUT2D eigenvalue weighted by molar-refractivity contribution is -0.137. The molecule has 0 unspecified atom stereocenters. The Bertz CT molecular complexity index is 212. The van der Waals surface area contributed by atoms with Crippen LogP contribution in [0.1, 0.15) is 19.3 Å². The molecule has 0 aromatic rings. The molecule has 3 N–H and O–H groups in total. The number of carbonyl (C=O) groups excluding carboxylic acids is 2. The zero-order valence-corrected chi connectivity index (χ0v) is 8.12. The fraction of sp³-hybridized carbons (Fsp3) is 0.778. The van der Waals surface area contributed by atoms with E-state index in [1.807, 2.05) is 0 Å². The molecule has 1 fully saturated rings. The second-order valence-electron chi connectivity index (χ2n) is 3.46. The highest BCUT2D eigenvalue weighted by Crippen LogP contribution is 2.17. The lowest BCUT2D eigenvalue weighted by atomic mass is 9.97. The molecule has 0 bridgehead atoms. The van der Waals surface area contributed by atoms with Gasteiger partial charge in [-0.05, 0) is 25.2 Å². The Kier molecular flexibility index (Phi) is 4.39. The molecular formula is C9H16N2O3. The summed E-state index contributed by atoms with van der Waals surface area (Å²) < 4.78 is 5.20. The van der Waals surface area contributed by atoms with E-state index in [1.54, 1.807) is 0 Å². The van der Waals surface area contributed by atoms with Crippen molar-refractivity contribution in [2.24, 2.45) is 11.7 Å². The molecule has 0 radical (unpaired) electrons. The number of primary amides is 1. The summed E-state index contributed by atoms with van der Waals surface area (Å²) in [6, 6.07) is 0. The first kappa shape index (κ1) is 11.0. The second-order valence-corrected chi connectivity index (χ2v) is 3.46. The first-order valence-electron chi connectivity index (χ1n) is 4.85. The van der Waals surface area contributed by atoms with Crippen molar-refractivity contribution in [3.8, 4) is 0 Å². The summed E-state index contributed by atoms with van der Waals surface area (Å²) in [5, 5.41) is 2.48. The van der Waals surface area contributed by atoms with Crippen LogP contribution in [0.25, 0.3) is 0 Å². The second kappa shape index (κ2) is 5.59. The van der Waals surface area contributed by atoms with Gasteiger partial charge in [-0.2, -0.15) is 0 Å². The van der Waals surface area contributed by atoms with Gasteiger partial charge in [-0.1, -0.05) is 0 Å². The van der Waals surface area contributed by atoms with Crippen LogP contribution in [0.15, 0.2) is 0 Å². The van der Waals surface area contributed by atoms with Gasteiger partial charge in [0.1, 0.15) is 0 Å². The summed E-state index contributed by atoms with van der Waals surface area (Å²) in [4.78, 5) is 21.1. The summed E-state index contributed by atoms with van der Waals surface area (Å²) in [6.45, 7) is 2.12. The summed E-state index contributed by atoms with van der Waals surface area (Å²) in [7, 11) is 0. The Morgan fingerprint density at radius 3 is 2.57 bits per heavy atom. The molecule has 0 spiro atoms. The number of ether oxygens (including phenoxy) is 1. The summed E-state index contributed by atoms with van der Waals surface area (Å²) in [5.41, 5.74) is 4.78. The largest absolute Gasteiger partial charge is 0.381 e. The normalized spacial score (nSPS) is 17.7. The highest BCUT2D eigenvalue weighted by molar-refractivity contribution is 6.34. The van der Waals surface area contributed by atoms with Crippen LogP contribution in [0.4, 0.5) is 0 Å². The van der Waals surface area contributed by atoms with E-state index >= 15 is 0 Å². The highest BCUT2D eigenvalue weighted by atomic mass is 16.5. The van der Waals surface area contributed by atoms with E-state index < -0.39 is 11.8 Å². The van der Waals surface area contributed by atoms with Gasteiger partial charge in [0.25, 0.3) is 0 Å². The molecule has 0 aliphatic carbocycles. The van der Waals surface area contributed by atoms with Crippen molar-refractivity contribution < 1.29 is 14.3 Å². The van der Waals surface area contributed by atoms with Crippen LogP contribution in [-0.4, -0.2) is 31.6 Å². The Labute approximate surface area is 83.0 Å². The SMILES string of the molecule is NC(=O)C(=O)NCCC1CCOCC1. The van der Waals surface area contributed by atoms with E-state index in [1.165, 1.54) is 0 Å². The van der Waals surface area contributed by atoms with Gasteiger partial charge in [-0.3, -0.25) is 9.59 Å². The third-order valence-electron chi connectivity index (χ3n) is 2.40. The Hall–Kier alpha value is -1.10. The molecule has 1 aliphatic rings. The number of carbonyl (C=O) groups is 2. The fourth-order valence-electron chi connectivity index (χ4n) is 1.51. The van der Waals surface area contributed by atoms with Crippen molar-refractivity contribution in [1.82, 2.24) is 5.32 Å². The predicted octanol–water partition coefficient (Wildman–Crippen LogP) is -0.595. The minimum absolute atomic E-state index is 0.520. The number of nitrogens with two attached hydrogens (primary N) is 1. The van der Waals surface area contributed by atoms with E-state index in [0.29, 0.717) is 12.5 Å². The van der Waals surface area contributed by atoms with Crippen LogP contribution in [0, 0.1) is 5.92 Å². The zero-order chi connectivity index (χ0) is 10.4. The quantitative estimate of drug-likeness (QED) is 0.597. The third-order valence-corrected chi connectivity index (χ3v) is 2.40. The Morgan fingerprint density at radius 1 is 1.36 bits per heavy atom. The van der Waals surface area contributed by atoms with Crippen molar-refractivity contribution >= 4 is 11.8 Å². The average molecular weight is 200 g/mol. The monoisotopic (exact) mass is 200 g/mol. The van der Waals surface area contributed by atoms with Crippen LogP contribution in [-0.2, 0) is 14.3 Å². The maximum absolute atomic E-state index is 10.8. The molecule has 1 aliphatic heterocycles. The summed E-state index contributed by atoms with van der Waals surface area (Å²) >= 11 is 0. The van der Waals surface area contributed by atoms with Crippen LogP contribution in [0.5, 0.6) is 0 Å². The van der Waals surface area contributed by atoms with Crippen LogP contribution >= 0.6 is 0 Å². The zero-order valence-electron chi connectivity index (χ0n) is 8.12. The van der Waals surface area contributed by atoms with Crippen LogP contribution in [0.2, 0.25) is 0 Å². The molecule has 14 heavy (non-hydrogen) atoms. The average Bonchev–Trinajstić information content (AvgIpc) is 2.19. The van der Waals surface area contributed by atoms with Crippen molar-refractivity contribution in [2.45, 2.75) is 19.3 Å². The summed E-state index contributed by atoms with van der Waals surface area (Å²) in [5.74, 6) is -1.02. The van der Waals surface area contributed by atoms with E-state index in [4.69, 9.17) is 10.5 Å². The highest BCUT2D eigenvalue weighted by Gasteiger charge is 2.14. The molecule has 5 heteroatoms. The van der Waals surface area contributed by atoms with Crippen molar-refractivity contribution in [2.75, 3.05) is 19.8 Å². The number of hydrogen-bond donors (Lipinski definition) is 2. The predicted molar refractivity (Wildman–Crippen MR) is 50.4 cm³/mol. The standard InChI is InChI=1S/C9H16N2O3/c10-8(12)9(13)11-4-1-7-2-5-14-6-3-7/h7H,1-6H2,(H2,10,12)(H,11,13). The Morgan fingerprint density at radius 2 is 2.00 bits per heavy atom. The molecule has 1 heterocycles. The molecule has 1 rings (SSSR count). The molecule has 0 aromatic heterocycles. The van der Waals surface area contributed by atoms with Gasteiger partial charge in [0.05, 0.1) is 0 Å². The molecule has 5 nitrogen and oxygen atoms in total. The number of nitrogens with one attached hydrogen (secondary N) is 1. The minimum Gasteiger partial charge on any atom is -0.381 e. The maximum atomic E-state index is 10.8. The number of hydrogen-bond acceptors (Lipinski definition) is 3. The van der Waals surface area contributed by atoms with Gasteiger partial charge in [0.2, 0.25) is 0 Å². The van der Waals surface area contributed by atoms with E-state index in [0.717, 1.165) is 32.5 Å². The maximum Gasteiger partial charge on any atom is 0.309 e. The number of rotatable bonds is 3. The lowest BCUT2D eigenvalue weighted by Gasteiger charge is -2.21.